The molecule has 0 saturated carbocycles. The summed E-state index contributed by atoms with van der Waals surface area (Å²) >= 11 is 10.2. The number of carbonyl (C=O) groups is 2. The van der Waals surface area contributed by atoms with Crippen molar-refractivity contribution in [2.45, 2.75) is 20.0 Å². The molecular formula is C30H27BrClNO5S. The van der Waals surface area contributed by atoms with Crippen molar-refractivity contribution in [3.05, 3.63) is 104 Å². The molecule has 1 aliphatic heterocycles. The number of ether oxygens (including phenoxy) is 3. The van der Waals surface area contributed by atoms with Gasteiger partial charge in [0.05, 0.1) is 18.1 Å². The Kier molecular flexibility index (Phi) is 10.1. The lowest BCUT2D eigenvalue weighted by Crippen LogP contribution is -2.32. The molecule has 0 aromatic heterocycles. The highest BCUT2D eigenvalue weighted by Gasteiger charge is 2.35. The molecule has 9 heteroatoms. The quantitative estimate of drug-likeness (QED) is 0.150. The molecule has 1 heterocycles. The summed E-state index contributed by atoms with van der Waals surface area (Å²) in [6, 6.07) is 18.6. The van der Waals surface area contributed by atoms with E-state index in [2.05, 4.69) is 22.5 Å². The summed E-state index contributed by atoms with van der Waals surface area (Å²) in [7, 11) is 0. The number of carbonyl (C=O) groups excluding carboxylic acids is 2. The Morgan fingerprint density at radius 1 is 1.03 bits per heavy atom. The molecule has 0 aliphatic carbocycles. The molecule has 0 spiro atoms. The Bertz CT molecular complexity index is 1380. The van der Waals surface area contributed by atoms with Gasteiger partial charge in [-0.05, 0) is 90.8 Å². The topological polar surface area (TPSA) is 65.1 Å². The normalized spacial score (nSPS) is 14.1. The van der Waals surface area contributed by atoms with E-state index in [1.165, 1.54) is 4.90 Å². The minimum atomic E-state index is -0.358. The van der Waals surface area contributed by atoms with E-state index >= 15 is 0 Å². The summed E-state index contributed by atoms with van der Waals surface area (Å²) in [5.41, 5.74) is 2.62. The van der Waals surface area contributed by atoms with Crippen molar-refractivity contribution >= 4 is 56.5 Å². The van der Waals surface area contributed by atoms with E-state index in [1.807, 2.05) is 43.3 Å². The van der Waals surface area contributed by atoms with Crippen LogP contribution in [0.4, 0.5) is 4.79 Å². The van der Waals surface area contributed by atoms with Crippen LogP contribution in [0.25, 0.3) is 6.08 Å². The molecule has 1 fully saturated rings. The molecule has 2 amide bonds. The number of hydrogen-bond acceptors (Lipinski definition) is 6. The van der Waals surface area contributed by atoms with Gasteiger partial charge in [-0.3, -0.25) is 14.5 Å². The van der Waals surface area contributed by atoms with Gasteiger partial charge in [0.1, 0.15) is 19.0 Å². The summed E-state index contributed by atoms with van der Waals surface area (Å²) in [5, 5.41) is 0.267. The largest absolute Gasteiger partial charge is 0.492 e. The molecule has 3 aromatic carbocycles. The molecule has 6 nitrogen and oxygen atoms in total. The fraction of sp³-hybridized carbons (Fsp3) is 0.200. The van der Waals surface area contributed by atoms with Crippen molar-refractivity contribution in [3.63, 3.8) is 0 Å². The van der Waals surface area contributed by atoms with E-state index in [0.29, 0.717) is 46.8 Å². The number of nitrogens with zero attached hydrogens (tertiary/aromatic N) is 1. The number of amides is 2. The van der Waals surface area contributed by atoms with Crippen LogP contribution in [0.2, 0.25) is 5.02 Å². The number of rotatable bonds is 12. The molecule has 0 radical (unpaired) electrons. The molecule has 0 unspecified atom stereocenters. The molecule has 1 saturated heterocycles. The summed E-state index contributed by atoms with van der Waals surface area (Å²) < 4.78 is 18.8. The third-order valence-electron chi connectivity index (χ3n) is 5.68. The van der Waals surface area contributed by atoms with Crippen LogP contribution in [0.3, 0.4) is 0 Å². The van der Waals surface area contributed by atoms with Gasteiger partial charge in [0.25, 0.3) is 11.1 Å². The monoisotopic (exact) mass is 627 g/mol. The second-order valence-electron chi connectivity index (χ2n) is 8.48. The highest BCUT2D eigenvalue weighted by molar-refractivity contribution is 9.10. The number of hydrogen-bond donors (Lipinski definition) is 0. The Morgan fingerprint density at radius 3 is 2.46 bits per heavy atom. The van der Waals surface area contributed by atoms with E-state index < -0.39 is 0 Å². The van der Waals surface area contributed by atoms with Gasteiger partial charge in [-0.15, -0.1) is 6.58 Å². The fourth-order valence-corrected chi connectivity index (χ4v) is 5.12. The minimum Gasteiger partial charge on any atom is -0.492 e. The molecule has 0 atom stereocenters. The minimum absolute atomic E-state index is 0.138. The van der Waals surface area contributed by atoms with E-state index in [1.54, 1.807) is 36.4 Å². The lowest BCUT2D eigenvalue weighted by molar-refractivity contribution is -0.123. The highest BCUT2D eigenvalue weighted by atomic mass is 79.9. The van der Waals surface area contributed by atoms with Crippen molar-refractivity contribution < 1.29 is 23.8 Å². The maximum absolute atomic E-state index is 13.0. The van der Waals surface area contributed by atoms with Crippen molar-refractivity contribution in [2.75, 3.05) is 19.8 Å². The number of halogens is 2. The smallest absolute Gasteiger partial charge is 0.293 e. The van der Waals surface area contributed by atoms with E-state index in [9.17, 15) is 9.59 Å². The van der Waals surface area contributed by atoms with Gasteiger partial charge in [-0.25, -0.2) is 0 Å². The first kappa shape index (κ1) is 28.8. The van der Waals surface area contributed by atoms with Crippen LogP contribution in [-0.4, -0.2) is 35.8 Å². The van der Waals surface area contributed by atoms with Crippen molar-refractivity contribution in [3.8, 4) is 17.2 Å². The molecule has 1 aliphatic rings. The van der Waals surface area contributed by atoms with Crippen LogP contribution in [0.5, 0.6) is 17.2 Å². The maximum Gasteiger partial charge on any atom is 0.293 e. The molecule has 3 aromatic rings. The van der Waals surface area contributed by atoms with Crippen molar-refractivity contribution in [2.24, 2.45) is 0 Å². The fourth-order valence-electron chi connectivity index (χ4n) is 3.87. The molecule has 39 heavy (non-hydrogen) atoms. The predicted molar refractivity (Wildman–Crippen MR) is 160 cm³/mol. The summed E-state index contributed by atoms with van der Waals surface area (Å²) in [6.45, 7) is 6.90. The molecule has 0 N–H and O–H groups in total. The Morgan fingerprint density at radius 2 is 1.77 bits per heavy atom. The first-order chi connectivity index (χ1) is 18.9. The lowest BCUT2D eigenvalue weighted by atomic mass is 10.0. The van der Waals surface area contributed by atoms with Crippen molar-refractivity contribution in [1.82, 2.24) is 4.90 Å². The zero-order valence-corrected chi connectivity index (χ0v) is 24.5. The van der Waals surface area contributed by atoms with Gasteiger partial charge in [0.15, 0.2) is 11.5 Å². The average molecular weight is 629 g/mol. The van der Waals surface area contributed by atoms with E-state index in [-0.39, 0.29) is 24.3 Å². The van der Waals surface area contributed by atoms with Crippen LogP contribution < -0.4 is 14.2 Å². The Balaban J connectivity index is 1.51. The SMILES string of the molecule is C=CCc1cc(/C=C2\SC(=O)N(CCOc3ccc(Cl)cc3)C2=O)cc(OCC)c1OCc1ccc(Br)cc1. The van der Waals surface area contributed by atoms with Gasteiger partial charge in [-0.2, -0.15) is 0 Å². The van der Waals surface area contributed by atoms with Gasteiger partial charge in [-0.1, -0.05) is 45.7 Å². The number of thioether (sulfide) groups is 1. The Labute approximate surface area is 245 Å². The van der Waals surface area contributed by atoms with Crippen LogP contribution >= 0.6 is 39.3 Å². The zero-order chi connectivity index (χ0) is 27.8. The van der Waals surface area contributed by atoms with Crippen LogP contribution in [0.1, 0.15) is 23.6 Å². The second kappa shape index (κ2) is 13.7. The summed E-state index contributed by atoms with van der Waals surface area (Å²) in [6.07, 6.45) is 4.04. The van der Waals surface area contributed by atoms with Crippen LogP contribution in [0, 0.1) is 0 Å². The standard InChI is InChI=1S/C30H27BrClNO5S/c1-3-5-22-16-21(17-26(36-4-2)28(22)38-19-20-6-8-23(31)9-7-20)18-27-29(34)33(30(35)39-27)14-15-37-25-12-10-24(32)11-13-25/h3,6-13,16-18H,1,4-5,14-15,19H2,2H3/b27-18-. The van der Waals surface area contributed by atoms with Crippen LogP contribution in [-0.2, 0) is 17.8 Å². The molecule has 4 rings (SSSR count). The summed E-state index contributed by atoms with van der Waals surface area (Å²) in [4.78, 5) is 27.2. The Hall–Kier alpha value is -3.20. The predicted octanol–water partition coefficient (Wildman–Crippen LogP) is 7.92. The first-order valence-corrected chi connectivity index (χ1v) is 14.3. The highest BCUT2D eigenvalue weighted by Crippen LogP contribution is 2.38. The van der Waals surface area contributed by atoms with Gasteiger partial charge in [0.2, 0.25) is 0 Å². The van der Waals surface area contributed by atoms with E-state index in [0.717, 1.165) is 32.9 Å². The molecular weight excluding hydrogens is 602 g/mol. The second-order valence-corrected chi connectivity index (χ2v) is 10.8. The van der Waals surface area contributed by atoms with Crippen molar-refractivity contribution in [1.29, 1.82) is 0 Å². The van der Waals surface area contributed by atoms with Gasteiger partial charge >= 0.3 is 0 Å². The van der Waals surface area contributed by atoms with Gasteiger partial charge in [0, 0.05) is 15.1 Å². The first-order valence-electron chi connectivity index (χ1n) is 12.3. The average Bonchev–Trinajstić information content (AvgIpc) is 3.18. The summed E-state index contributed by atoms with van der Waals surface area (Å²) in [5.74, 6) is 1.45. The third-order valence-corrected chi connectivity index (χ3v) is 7.37. The van der Waals surface area contributed by atoms with Gasteiger partial charge < -0.3 is 14.2 Å². The van der Waals surface area contributed by atoms with E-state index in [4.69, 9.17) is 25.8 Å². The zero-order valence-electron chi connectivity index (χ0n) is 21.3. The number of allylic oxidation sites excluding steroid dienone is 1. The number of benzene rings is 3. The maximum atomic E-state index is 13.0. The lowest BCUT2D eigenvalue weighted by Gasteiger charge is -2.17. The molecule has 202 valence electrons. The molecule has 0 bridgehead atoms. The number of imide groups is 1. The third kappa shape index (κ3) is 7.68. The van der Waals surface area contributed by atoms with Crippen LogP contribution in [0.15, 0.2) is 82.7 Å².